The van der Waals surface area contributed by atoms with Gasteiger partial charge < -0.3 is 0 Å². The molecule has 0 aromatic rings. The van der Waals surface area contributed by atoms with Crippen LogP contribution in [0.15, 0.2) is 0 Å². The van der Waals surface area contributed by atoms with Gasteiger partial charge in [0, 0.05) is 0 Å². The van der Waals surface area contributed by atoms with E-state index in [9.17, 15) is 4.79 Å². The van der Waals surface area contributed by atoms with E-state index in [0.717, 1.165) is 25.7 Å². The fraction of sp³-hybridized carbons (Fsp3) is 0.917. The molecular formula is C12H20I2N3O2-. The zero-order valence-corrected chi connectivity index (χ0v) is 15.3. The Morgan fingerprint density at radius 3 is 2.42 bits per heavy atom. The molecule has 4 aliphatic rings. The van der Waals surface area contributed by atoms with E-state index in [1.165, 1.54) is 19.3 Å². The molecule has 0 aromatic carbocycles. The molecule has 0 aromatic heterocycles. The van der Waals surface area contributed by atoms with E-state index in [-0.39, 0.29) is 40.3 Å². The van der Waals surface area contributed by atoms with Gasteiger partial charge in [0.1, 0.15) is 0 Å². The molecule has 3 aliphatic heterocycles. The SMILES string of the molecule is CCCC1(OC(=O)C2(C34NI3N4)N[I-]2)CCCCC1. The van der Waals surface area contributed by atoms with Gasteiger partial charge in [0.2, 0.25) is 0 Å². The minimum absolute atomic E-state index is 0.0450. The van der Waals surface area contributed by atoms with Crippen LogP contribution in [0.4, 0.5) is 0 Å². The molecule has 110 valence electrons. The number of esters is 1. The van der Waals surface area contributed by atoms with Crippen LogP contribution in [-0.4, -0.2) is 18.8 Å². The molecule has 1 aliphatic carbocycles. The number of hydrogen-bond acceptors (Lipinski definition) is 5. The van der Waals surface area contributed by atoms with Crippen molar-refractivity contribution in [2.75, 3.05) is 0 Å². The molecular weight excluding hydrogens is 472 g/mol. The Balaban J connectivity index is 1.48. The molecule has 3 N–H and O–H groups in total. The first-order valence-electron chi connectivity index (χ1n) is 7.08. The molecule has 0 bridgehead atoms. The third-order valence-electron chi connectivity index (χ3n) is 4.48. The van der Waals surface area contributed by atoms with Crippen molar-refractivity contribution in [3.63, 3.8) is 0 Å². The number of alkyl halides is 2. The summed E-state index contributed by atoms with van der Waals surface area (Å²) in [5.74, 6) is 0.0490. The average molecular weight is 492 g/mol. The maximum atomic E-state index is 12.7. The summed E-state index contributed by atoms with van der Waals surface area (Å²) in [4.78, 5) is 12.7. The molecule has 4 rings (SSSR count). The summed E-state index contributed by atoms with van der Waals surface area (Å²) in [6.45, 7) is 2.19. The predicted octanol–water partition coefficient (Wildman–Crippen LogP) is -1.47. The van der Waals surface area contributed by atoms with Crippen molar-refractivity contribution in [3.8, 4) is 0 Å². The second-order valence-corrected chi connectivity index (χ2v) is 12.9. The van der Waals surface area contributed by atoms with E-state index in [1.54, 1.807) is 0 Å². The Kier molecular flexibility index (Phi) is 3.12. The van der Waals surface area contributed by atoms with Gasteiger partial charge >= 0.3 is 133 Å². The van der Waals surface area contributed by atoms with Gasteiger partial charge in [-0.15, -0.1) is 0 Å². The van der Waals surface area contributed by atoms with Crippen molar-refractivity contribution in [1.82, 2.24) is 10.6 Å². The number of carbonyl (C=O) groups is 1. The number of halogens is 2. The number of rotatable bonds is 5. The van der Waals surface area contributed by atoms with Gasteiger partial charge in [-0.25, -0.2) is 0 Å². The second kappa shape index (κ2) is 4.40. The Labute approximate surface area is 132 Å². The Hall–Kier alpha value is 0.810. The molecule has 1 atom stereocenters. The molecule has 3 saturated heterocycles. The summed E-state index contributed by atoms with van der Waals surface area (Å²) in [6, 6.07) is 0. The zero-order valence-electron chi connectivity index (χ0n) is 11.0. The minimum atomic E-state index is -1.07. The number of ether oxygens (including phenoxy) is 1. The first-order chi connectivity index (χ1) is 9.16. The van der Waals surface area contributed by atoms with E-state index in [0.29, 0.717) is 0 Å². The van der Waals surface area contributed by atoms with Crippen LogP contribution < -0.4 is 32.1 Å². The molecule has 7 heteroatoms. The normalized spacial score (nSPS) is 38.7. The van der Waals surface area contributed by atoms with Crippen molar-refractivity contribution in [3.05, 3.63) is 0 Å². The number of carbonyl (C=O) groups excluding carboxylic acids is 1. The van der Waals surface area contributed by atoms with Gasteiger partial charge in [-0.2, -0.15) is 0 Å². The third kappa shape index (κ3) is 1.98. The molecule has 1 unspecified atom stereocenters. The van der Waals surface area contributed by atoms with Crippen molar-refractivity contribution in [2.24, 2.45) is 0 Å². The van der Waals surface area contributed by atoms with Gasteiger partial charge in [-0.3, -0.25) is 0 Å². The van der Waals surface area contributed by atoms with Crippen LogP contribution in [-0.2, 0) is 9.53 Å². The van der Waals surface area contributed by atoms with Crippen LogP contribution in [0.3, 0.4) is 0 Å². The quantitative estimate of drug-likeness (QED) is 0.109. The summed E-state index contributed by atoms with van der Waals surface area (Å²) >= 11 is -1.28. The van der Waals surface area contributed by atoms with E-state index in [1.807, 2.05) is 0 Å². The fourth-order valence-electron chi connectivity index (χ4n) is 3.20. The van der Waals surface area contributed by atoms with Crippen LogP contribution in [0.5, 0.6) is 0 Å². The maximum absolute atomic E-state index is 12.7. The number of nitrogens with one attached hydrogen (secondary N) is 3. The van der Waals surface area contributed by atoms with Crippen LogP contribution in [0.2, 0.25) is 0 Å². The standard InChI is InChI=1S/C12H20I2N3O2/c1-2-6-10(7-4-3-5-8-10)19-9(18)11(13-15-11)12-14(16-12)17-12/h15-17H,2-8H2,1H3/q-1. The van der Waals surface area contributed by atoms with Crippen molar-refractivity contribution >= 4 is 26.3 Å². The van der Waals surface area contributed by atoms with Crippen LogP contribution in [0, 0.1) is 0 Å². The number of hydrogen-bond donors (Lipinski definition) is 3. The second-order valence-electron chi connectivity index (χ2n) is 5.86. The zero-order chi connectivity index (χ0) is 13.1. The molecule has 4 fully saturated rings. The van der Waals surface area contributed by atoms with Crippen molar-refractivity contribution in [2.45, 2.75) is 64.7 Å². The number of fused-ring (bicyclic) bond motifs is 1. The summed E-state index contributed by atoms with van der Waals surface area (Å²) in [5, 5.41) is 0. The van der Waals surface area contributed by atoms with E-state index >= 15 is 0 Å². The topological polar surface area (TPSA) is 92.1 Å². The van der Waals surface area contributed by atoms with E-state index in [2.05, 4.69) is 17.5 Å². The molecule has 5 nitrogen and oxygen atoms in total. The Morgan fingerprint density at radius 2 is 1.95 bits per heavy atom. The van der Waals surface area contributed by atoms with Crippen LogP contribution >= 0.6 is 20.4 Å². The summed E-state index contributed by atoms with van der Waals surface area (Å²) < 4.78 is 16.2. The Morgan fingerprint density at radius 1 is 1.32 bits per heavy atom. The predicted molar refractivity (Wildman–Crippen MR) is 75.7 cm³/mol. The van der Waals surface area contributed by atoms with Gasteiger partial charge in [0.25, 0.3) is 0 Å². The van der Waals surface area contributed by atoms with Gasteiger partial charge in [-0.05, 0) is 0 Å². The van der Waals surface area contributed by atoms with Crippen molar-refractivity contribution < 1.29 is 31.0 Å². The van der Waals surface area contributed by atoms with Gasteiger partial charge in [-0.1, -0.05) is 0 Å². The monoisotopic (exact) mass is 492 g/mol. The average Bonchev–Trinajstić information content (AvgIpc) is 3.18. The molecule has 0 radical (unpaired) electrons. The summed E-state index contributed by atoms with van der Waals surface area (Å²) in [5.41, 5.74) is -0.148. The van der Waals surface area contributed by atoms with Crippen LogP contribution in [0.25, 0.3) is 0 Å². The first-order valence-corrected chi connectivity index (χ1v) is 12.5. The summed E-state index contributed by atoms with van der Waals surface area (Å²) in [6.07, 6.45) is 7.98. The first kappa shape index (κ1) is 13.5. The van der Waals surface area contributed by atoms with E-state index < -0.39 is 20.4 Å². The molecule has 0 amide bonds. The molecule has 1 saturated carbocycles. The third-order valence-corrected chi connectivity index (χ3v) is 13.0. The molecule has 19 heavy (non-hydrogen) atoms. The summed E-state index contributed by atoms with van der Waals surface area (Å²) in [7, 11) is 0. The molecule has 0 spiro atoms. The molecule has 3 heterocycles. The van der Waals surface area contributed by atoms with Gasteiger partial charge in [0.05, 0.1) is 0 Å². The van der Waals surface area contributed by atoms with E-state index in [4.69, 9.17) is 4.74 Å². The fourth-order valence-corrected chi connectivity index (χ4v) is 13.2. The van der Waals surface area contributed by atoms with Gasteiger partial charge in [0.15, 0.2) is 0 Å². The Bertz CT molecular complexity index is 410. The van der Waals surface area contributed by atoms with Crippen molar-refractivity contribution in [1.29, 1.82) is 0 Å². The van der Waals surface area contributed by atoms with Crippen LogP contribution in [0.1, 0.15) is 51.9 Å².